The molecular weight excluding hydrogens is 324 g/mol. The van der Waals surface area contributed by atoms with Gasteiger partial charge in [0.05, 0.1) is 11.3 Å². The van der Waals surface area contributed by atoms with Crippen molar-refractivity contribution in [3.8, 4) is 0 Å². The summed E-state index contributed by atoms with van der Waals surface area (Å²) in [6.45, 7) is 3.81. The summed E-state index contributed by atoms with van der Waals surface area (Å²) >= 11 is 1.46. The molecule has 1 aliphatic heterocycles. The van der Waals surface area contributed by atoms with E-state index in [0.717, 1.165) is 15.9 Å². The van der Waals surface area contributed by atoms with E-state index in [9.17, 15) is 10.4 Å². The molecule has 24 heavy (non-hydrogen) atoms. The lowest BCUT2D eigenvalue weighted by atomic mass is 10.1. The van der Waals surface area contributed by atoms with Crippen LogP contribution in [0.1, 0.15) is 16.8 Å². The molecule has 1 aromatic heterocycles. The quantitative estimate of drug-likeness (QED) is 0.631. The molecule has 1 aliphatic carbocycles. The Morgan fingerprint density at radius 3 is 2.33 bits per heavy atom. The molecule has 0 spiro atoms. The van der Waals surface area contributed by atoms with E-state index < -0.39 is 0 Å². The second kappa shape index (κ2) is 5.24. The van der Waals surface area contributed by atoms with Gasteiger partial charge in [0.15, 0.2) is 5.04 Å². The first-order chi connectivity index (χ1) is 11.5. The van der Waals surface area contributed by atoms with E-state index in [1.54, 1.807) is 12.1 Å². The van der Waals surface area contributed by atoms with Crippen LogP contribution < -0.4 is 15.2 Å². The summed E-state index contributed by atoms with van der Waals surface area (Å²) in [5.41, 5.74) is 8.61. The summed E-state index contributed by atoms with van der Waals surface area (Å²) < 4.78 is 1.37. The fourth-order valence-corrected chi connectivity index (χ4v) is 4.17. The van der Waals surface area contributed by atoms with Gasteiger partial charge in [-0.2, -0.15) is 4.73 Å². The van der Waals surface area contributed by atoms with Crippen LogP contribution in [0.2, 0.25) is 0 Å². The molecule has 0 fully saturated rings. The summed E-state index contributed by atoms with van der Waals surface area (Å²) in [4.78, 5) is 4.58. The highest BCUT2D eigenvalue weighted by atomic mass is 32.2. The maximum Gasteiger partial charge on any atom is 0.353 e. The van der Waals surface area contributed by atoms with Crippen molar-refractivity contribution in [2.24, 2.45) is 4.99 Å². The molecule has 0 saturated carbocycles. The number of nitrogens with zero attached hydrogens (tertiary/aromatic N) is 3. The van der Waals surface area contributed by atoms with Crippen LogP contribution in [0.5, 0.6) is 0 Å². The number of aryl methyl sites for hydroxylation is 2. The first kappa shape index (κ1) is 15.0. The van der Waals surface area contributed by atoms with Gasteiger partial charge in [0.25, 0.3) is 5.52 Å². The van der Waals surface area contributed by atoms with Crippen molar-refractivity contribution in [2.45, 2.75) is 25.1 Å². The van der Waals surface area contributed by atoms with Gasteiger partial charge >= 0.3 is 11.5 Å². The van der Waals surface area contributed by atoms with Crippen LogP contribution >= 0.6 is 11.8 Å². The highest BCUT2D eigenvalue weighted by Gasteiger charge is 2.37. The number of nitrogens with two attached hydrogens (primary N) is 1. The van der Waals surface area contributed by atoms with Gasteiger partial charge in [0.2, 0.25) is 5.52 Å². The van der Waals surface area contributed by atoms with E-state index in [-0.39, 0.29) is 28.3 Å². The minimum atomic E-state index is -0.112. The third kappa shape index (κ3) is 2.08. The molecule has 2 aromatic rings. The number of rotatable bonds is 1. The summed E-state index contributed by atoms with van der Waals surface area (Å²) in [7, 11) is 0. The number of benzene rings is 1. The van der Waals surface area contributed by atoms with E-state index in [2.05, 4.69) is 4.99 Å². The largest absolute Gasteiger partial charge is 0.710 e. The molecule has 2 aliphatic rings. The molecule has 0 saturated heterocycles. The molecular formula is C17H16N4O2S. The molecule has 2 N–H and O–H groups in total. The fourth-order valence-electron chi connectivity index (χ4n) is 2.97. The molecule has 0 bridgehead atoms. The van der Waals surface area contributed by atoms with Gasteiger partial charge in [-0.3, -0.25) is 10.7 Å². The Labute approximate surface area is 143 Å². The predicted molar refractivity (Wildman–Crippen MR) is 95.7 cm³/mol. The minimum absolute atomic E-state index is 0.0232. The Balaban J connectivity index is 1.95. The number of aliphatic imine (C=N–C) groups is 1. The van der Waals surface area contributed by atoms with Crippen LogP contribution in [0, 0.1) is 24.3 Å². The van der Waals surface area contributed by atoms with Crippen molar-refractivity contribution >= 4 is 33.7 Å². The second-order valence-electron chi connectivity index (χ2n) is 6.02. The van der Waals surface area contributed by atoms with Gasteiger partial charge in [0.1, 0.15) is 0 Å². The summed E-state index contributed by atoms with van der Waals surface area (Å²) in [6.07, 6.45) is 7.91. The lowest BCUT2D eigenvalue weighted by Crippen LogP contribution is -2.46. The van der Waals surface area contributed by atoms with Crippen molar-refractivity contribution in [3.63, 3.8) is 0 Å². The molecule has 7 heteroatoms. The molecule has 0 amide bonds. The minimum Gasteiger partial charge on any atom is -0.710 e. The third-order valence-corrected chi connectivity index (χ3v) is 5.70. The second-order valence-corrected chi connectivity index (χ2v) is 7.19. The maximum absolute atomic E-state index is 12.9. The van der Waals surface area contributed by atoms with Crippen molar-refractivity contribution in [3.05, 3.63) is 63.7 Å². The summed E-state index contributed by atoms with van der Waals surface area (Å²) in [5.74, 6) is -0.112. The van der Waals surface area contributed by atoms with Gasteiger partial charge in [-0.1, -0.05) is 36.1 Å². The van der Waals surface area contributed by atoms with E-state index in [0.29, 0.717) is 15.3 Å². The third-order valence-electron chi connectivity index (χ3n) is 4.47. The van der Waals surface area contributed by atoms with Gasteiger partial charge in [-0.15, -0.1) is 0 Å². The zero-order valence-electron chi connectivity index (χ0n) is 13.3. The van der Waals surface area contributed by atoms with E-state index in [1.165, 1.54) is 11.8 Å². The van der Waals surface area contributed by atoms with Crippen molar-refractivity contribution in [1.29, 1.82) is 0 Å². The Morgan fingerprint density at radius 2 is 1.67 bits per heavy atom. The van der Waals surface area contributed by atoms with Crippen molar-refractivity contribution in [2.75, 3.05) is 5.73 Å². The Kier molecular flexibility index (Phi) is 3.28. The van der Waals surface area contributed by atoms with Gasteiger partial charge in [-0.25, -0.2) is 4.73 Å². The number of nitrogen functional groups attached to an aromatic ring is 1. The monoisotopic (exact) mass is 340 g/mol. The Hall–Kier alpha value is -2.54. The number of allylic oxidation sites excluding steroid dienone is 2. The van der Waals surface area contributed by atoms with Crippen molar-refractivity contribution < 1.29 is 9.46 Å². The Bertz CT molecular complexity index is 965. The maximum atomic E-state index is 12.9. The zero-order valence-corrected chi connectivity index (χ0v) is 14.1. The predicted octanol–water partition coefficient (Wildman–Crippen LogP) is 1.66. The first-order valence-corrected chi connectivity index (χ1v) is 8.50. The van der Waals surface area contributed by atoms with Crippen molar-refractivity contribution in [1.82, 2.24) is 0 Å². The average Bonchev–Trinajstić information content (AvgIpc) is 2.98. The van der Waals surface area contributed by atoms with Gasteiger partial charge in [0, 0.05) is 6.07 Å². The topological polar surface area (TPSA) is 92.3 Å². The number of anilines is 1. The van der Waals surface area contributed by atoms with Crippen LogP contribution in [-0.4, -0.2) is 16.3 Å². The number of fused-ring (bicyclic) bond motifs is 2. The standard InChI is InChI=1S/C17H16N4O2S/c1-9-7-12-13(8-10(9)2)21(23)16(18)15(20(12)22)17-19-11-5-3-4-6-14(11)24-17/h3-8,11,14H,18H2,1-2H3/t11-,14+/m1/s1. The smallest absolute Gasteiger partial charge is 0.353 e. The van der Waals surface area contributed by atoms with E-state index in [4.69, 9.17) is 5.73 Å². The molecule has 6 nitrogen and oxygen atoms in total. The summed E-state index contributed by atoms with van der Waals surface area (Å²) in [6, 6.07) is 3.40. The van der Waals surface area contributed by atoms with E-state index >= 15 is 0 Å². The average molecular weight is 340 g/mol. The number of hydrogen-bond acceptors (Lipinski definition) is 5. The van der Waals surface area contributed by atoms with Crippen LogP contribution in [0.4, 0.5) is 5.82 Å². The lowest BCUT2D eigenvalue weighted by Gasteiger charge is -2.14. The number of aromatic nitrogens is 2. The normalized spacial score (nSPS) is 22.0. The lowest BCUT2D eigenvalue weighted by molar-refractivity contribution is -0.619. The molecule has 2 heterocycles. The van der Waals surface area contributed by atoms with Crippen LogP contribution in [-0.2, 0) is 0 Å². The number of hydrogen-bond donors (Lipinski definition) is 1. The molecule has 122 valence electrons. The van der Waals surface area contributed by atoms with Crippen LogP contribution in [0.15, 0.2) is 41.4 Å². The SMILES string of the molecule is Cc1cc2c(cc1C)[n+]([O-])c(C1=N[C@@H]3C=CC=C[C@@H]3S1)c(N)[n+]2[O-]. The molecule has 1 aromatic carbocycles. The zero-order chi connectivity index (χ0) is 17.0. The van der Waals surface area contributed by atoms with Gasteiger partial charge < -0.3 is 10.4 Å². The molecule has 4 rings (SSSR count). The van der Waals surface area contributed by atoms with Crippen LogP contribution in [0.25, 0.3) is 11.0 Å². The van der Waals surface area contributed by atoms with E-state index in [1.807, 2.05) is 38.2 Å². The summed E-state index contributed by atoms with van der Waals surface area (Å²) in [5, 5.41) is 26.1. The first-order valence-electron chi connectivity index (χ1n) is 7.62. The molecule has 0 unspecified atom stereocenters. The van der Waals surface area contributed by atoms with Gasteiger partial charge in [-0.05, 0) is 31.0 Å². The molecule has 0 radical (unpaired) electrons. The highest BCUT2D eigenvalue weighted by molar-refractivity contribution is 8.15. The number of thioether (sulfide) groups is 1. The molecule has 2 atom stereocenters. The van der Waals surface area contributed by atoms with Crippen LogP contribution in [0.3, 0.4) is 0 Å². The Morgan fingerprint density at radius 1 is 1.04 bits per heavy atom. The highest BCUT2D eigenvalue weighted by Crippen LogP contribution is 2.34. The fraction of sp³-hybridized carbons (Fsp3) is 0.235.